The van der Waals surface area contributed by atoms with E-state index in [1.54, 1.807) is 16.6 Å². The molecule has 0 spiro atoms. The number of hydrogen-bond acceptors (Lipinski definition) is 4. The molecule has 5 nitrogen and oxygen atoms in total. The molecule has 0 aliphatic carbocycles. The molecule has 1 aliphatic rings. The van der Waals surface area contributed by atoms with Crippen molar-refractivity contribution >= 4 is 32.7 Å². The molecule has 1 aromatic rings. The number of halogens is 1. The summed E-state index contributed by atoms with van der Waals surface area (Å²) in [5.74, 6) is 0.405. The highest BCUT2D eigenvalue weighted by Crippen LogP contribution is 2.30. The first kappa shape index (κ1) is 9.62. The summed E-state index contributed by atoms with van der Waals surface area (Å²) in [7, 11) is 4.19. The molecule has 1 amide bonds. The fourth-order valence-electron chi connectivity index (χ4n) is 1.31. The van der Waals surface area contributed by atoms with Gasteiger partial charge in [-0.3, -0.25) is 4.79 Å². The van der Waals surface area contributed by atoms with Gasteiger partial charge in [-0.15, -0.1) is 0 Å². The normalized spacial score (nSPS) is 15.8. The molecular formula is C7H8ClN4OP. The lowest BCUT2D eigenvalue weighted by Gasteiger charge is -2.31. The Balaban J connectivity index is 2.62. The maximum Gasteiger partial charge on any atom is 0.261 e. The van der Waals surface area contributed by atoms with E-state index in [2.05, 4.69) is 19.4 Å². The van der Waals surface area contributed by atoms with Gasteiger partial charge in [-0.1, -0.05) is 11.6 Å². The molecule has 7 heteroatoms. The van der Waals surface area contributed by atoms with E-state index in [4.69, 9.17) is 11.6 Å². The van der Waals surface area contributed by atoms with Crippen molar-refractivity contribution in [3.8, 4) is 0 Å². The van der Waals surface area contributed by atoms with E-state index in [0.717, 1.165) is 0 Å². The topological polar surface area (TPSA) is 49.3 Å². The Hall–Kier alpha value is -0.930. The minimum atomic E-state index is -0.149. The van der Waals surface area contributed by atoms with Crippen LogP contribution in [0.3, 0.4) is 0 Å². The zero-order valence-corrected chi connectivity index (χ0v) is 9.35. The van der Waals surface area contributed by atoms with E-state index < -0.39 is 0 Å². The van der Waals surface area contributed by atoms with Crippen molar-refractivity contribution in [2.24, 2.45) is 0 Å². The highest BCUT2D eigenvalue weighted by molar-refractivity contribution is 7.19. The van der Waals surface area contributed by atoms with Gasteiger partial charge in [0.05, 0.1) is 6.67 Å². The van der Waals surface area contributed by atoms with Crippen LogP contribution in [-0.2, 0) is 0 Å². The van der Waals surface area contributed by atoms with Gasteiger partial charge in [0.15, 0.2) is 5.82 Å². The molecule has 1 aromatic heterocycles. The molecule has 2 rings (SSSR count). The van der Waals surface area contributed by atoms with E-state index in [1.807, 2.05) is 0 Å². The molecule has 74 valence electrons. The lowest BCUT2D eigenvalue weighted by atomic mass is 10.2. The van der Waals surface area contributed by atoms with E-state index in [0.29, 0.717) is 18.1 Å². The van der Waals surface area contributed by atoms with Crippen LogP contribution in [0, 0.1) is 0 Å². The van der Waals surface area contributed by atoms with Crippen molar-refractivity contribution < 1.29 is 4.79 Å². The second-order valence-corrected chi connectivity index (χ2v) is 3.96. The molecule has 0 radical (unpaired) electrons. The summed E-state index contributed by atoms with van der Waals surface area (Å²) in [6.45, 7) is 0.476. The summed E-state index contributed by atoms with van der Waals surface area (Å²) in [6, 6.07) is 0. The summed E-state index contributed by atoms with van der Waals surface area (Å²) < 4.78 is 1.77. The number of carbonyl (C=O) groups excluding carboxylic acids is 1. The van der Waals surface area contributed by atoms with Gasteiger partial charge >= 0.3 is 0 Å². The molecule has 0 fully saturated rings. The molecule has 0 saturated carbocycles. The van der Waals surface area contributed by atoms with Crippen molar-refractivity contribution in [1.29, 1.82) is 0 Å². The Labute approximate surface area is 88.3 Å². The molecule has 1 aliphatic heterocycles. The number of aromatic nitrogens is 2. The number of amides is 1. The van der Waals surface area contributed by atoms with Gasteiger partial charge in [0.1, 0.15) is 17.0 Å². The van der Waals surface area contributed by atoms with Crippen molar-refractivity contribution in [2.75, 3.05) is 18.4 Å². The first-order chi connectivity index (χ1) is 6.61. The molecule has 14 heavy (non-hydrogen) atoms. The van der Waals surface area contributed by atoms with Crippen LogP contribution in [0.15, 0.2) is 6.33 Å². The van der Waals surface area contributed by atoms with Crippen LogP contribution in [0.5, 0.6) is 0 Å². The highest BCUT2D eigenvalue weighted by Gasteiger charge is 2.29. The zero-order valence-electron chi connectivity index (χ0n) is 7.44. The van der Waals surface area contributed by atoms with Gasteiger partial charge in [0.2, 0.25) is 0 Å². The van der Waals surface area contributed by atoms with E-state index >= 15 is 0 Å². The fraction of sp³-hybridized carbons (Fsp3) is 0.286. The number of fused-ring (bicyclic) bond motifs is 1. The molecule has 0 N–H and O–H groups in total. The van der Waals surface area contributed by atoms with Crippen molar-refractivity contribution in [2.45, 2.75) is 0 Å². The molecule has 2 heterocycles. The summed E-state index contributed by atoms with van der Waals surface area (Å²) >= 11 is 5.83. The van der Waals surface area contributed by atoms with E-state index in [9.17, 15) is 4.79 Å². The lowest BCUT2D eigenvalue weighted by Crippen LogP contribution is -2.40. The Morgan fingerprint density at radius 3 is 3.00 bits per heavy atom. The Bertz CT molecular complexity index is 399. The maximum absolute atomic E-state index is 11.7. The standard InChI is InChI=1S/C7H8ClN4OP/c1-11-3-12(14)6-4(7(11)13)5(8)9-2-10-6/h2H,3,14H2,1H3. The predicted octanol–water partition coefficient (Wildman–Crippen LogP) is 0.770. The minimum absolute atomic E-state index is 0.149. The number of rotatable bonds is 0. The highest BCUT2D eigenvalue weighted by atomic mass is 35.5. The average Bonchev–Trinajstić information content (AvgIpc) is 2.14. The zero-order chi connectivity index (χ0) is 10.3. The smallest absolute Gasteiger partial charge is 0.261 e. The Morgan fingerprint density at radius 1 is 1.57 bits per heavy atom. The van der Waals surface area contributed by atoms with Crippen LogP contribution < -0.4 is 4.67 Å². The van der Waals surface area contributed by atoms with Gasteiger partial charge in [0, 0.05) is 7.05 Å². The average molecular weight is 231 g/mol. The van der Waals surface area contributed by atoms with Crippen molar-refractivity contribution in [3.63, 3.8) is 0 Å². The molecule has 0 aromatic carbocycles. The summed E-state index contributed by atoms with van der Waals surface area (Å²) in [4.78, 5) is 21.0. The van der Waals surface area contributed by atoms with Gasteiger partial charge in [0.25, 0.3) is 5.91 Å². The number of hydrogen-bond donors (Lipinski definition) is 0. The van der Waals surface area contributed by atoms with Crippen LogP contribution in [-0.4, -0.2) is 34.5 Å². The molecule has 0 saturated heterocycles. The van der Waals surface area contributed by atoms with Crippen LogP contribution in [0.1, 0.15) is 10.4 Å². The van der Waals surface area contributed by atoms with Gasteiger partial charge in [-0.2, -0.15) is 0 Å². The Kier molecular flexibility index (Phi) is 2.29. The molecule has 0 bridgehead atoms. The van der Waals surface area contributed by atoms with Gasteiger partial charge in [-0.25, -0.2) is 9.97 Å². The van der Waals surface area contributed by atoms with Crippen LogP contribution in [0.2, 0.25) is 5.15 Å². The fourth-order valence-corrected chi connectivity index (χ4v) is 1.96. The number of carbonyl (C=O) groups is 1. The third-order valence-electron chi connectivity index (χ3n) is 1.98. The maximum atomic E-state index is 11.7. The lowest BCUT2D eigenvalue weighted by molar-refractivity contribution is 0.0789. The third-order valence-corrected chi connectivity index (χ3v) is 2.67. The van der Waals surface area contributed by atoms with Crippen LogP contribution >= 0.6 is 21.0 Å². The number of nitrogens with zero attached hydrogens (tertiary/aromatic N) is 4. The summed E-state index contributed by atoms with van der Waals surface area (Å²) in [5.41, 5.74) is 0.359. The van der Waals surface area contributed by atoms with Gasteiger partial charge < -0.3 is 9.57 Å². The Morgan fingerprint density at radius 2 is 2.29 bits per heavy atom. The van der Waals surface area contributed by atoms with Crippen molar-refractivity contribution in [3.05, 3.63) is 17.0 Å². The third kappa shape index (κ3) is 1.33. The van der Waals surface area contributed by atoms with Crippen molar-refractivity contribution in [1.82, 2.24) is 14.9 Å². The first-order valence-corrected chi connectivity index (χ1v) is 4.79. The molecule has 1 unspecified atom stereocenters. The largest absolute Gasteiger partial charge is 0.323 e. The van der Waals surface area contributed by atoms with E-state index in [1.165, 1.54) is 6.33 Å². The molecular weight excluding hydrogens is 223 g/mol. The first-order valence-electron chi connectivity index (χ1n) is 3.89. The van der Waals surface area contributed by atoms with E-state index in [-0.39, 0.29) is 11.1 Å². The monoisotopic (exact) mass is 230 g/mol. The SMILES string of the molecule is CN1CN(P)c2ncnc(Cl)c2C1=O. The number of anilines is 1. The molecule has 1 atom stereocenters. The second kappa shape index (κ2) is 3.33. The van der Waals surface area contributed by atoms with Crippen LogP contribution in [0.25, 0.3) is 0 Å². The summed E-state index contributed by atoms with van der Waals surface area (Å²) in [6.07, 6.45) is 1.34. The minimum Gasteiger partial charge on any atom is -0.323 e. The quantitative estimate of drug-likeness (QED) is 0.488. The van der Waals surface area contributed by atoms with Gasteiger partial charge in [-0.05, 0) is 9.39 Å². The van der Waals surface area contributed by atoms with Crippen LogP contribution in [0.4, 0.5) is 5.82 Å². The predicted molar refractivity (Wildman–Crippen MR) is 56.2 cm³/mol. The summed E-state index contributed by atoms with van der Waals surface area (Å²) in [5, 5.41) is 0.194. The second-order valence-electron chi connectivity index (χ2n) is 2.98.